The molecule has 4 heteroatoms. The molecule has 0 bridgehead atoms. The summed E-state index contributed by atoms with van der Waals surface area (Å²) in [6, 6.07) is 0. The van der Waals surface area contributed by atoms with E-state index in [-0.39, 0.29) is 6.54 Å². The molecule has 1 N–H and O–H groups in total. The Morgan fingerprint density at radius 2 is 1.67 bits per heavy atom. The van der Waals surface area contributed by atoms with Crippen LogP contribution < -0.4 is 5.32 Å². The summed E-state index contributed by atoms with van der Waals surface area (Å²) < 4.78 is 24.4. The molecule has 0 atom stereocenters. The first-order valence-corrected chi connectivity index (χ1v) is 5.91. The highest BCUT2D eigenvalue weighted by atomic mass is 19.3. The van der Waals surface area contributed by atoms with Crippen LogP contribution in [0.3, 0.4) is 0 Å². The molecule has 1 spiro atoms. The zero-order chi connectivity index (χ0) is 10.7. The molecule has 0 saturated carbocycles. The second-order valence-corrected chi connectivity index (χ2v) is 4.94. The number of nitrogens with zero attached hydrogens (tertiary/aromatic N) is 1. The standard InChI is InChI=1S/C11H20F2N2/c12-10(13)9-15-7-3-11(4-8-15)1-5-14-6-2-11/h10,14H,1-9H2. The van der Waals surface area contributed by atoms with E-state index in [1.165, 1.54) is 12.8 Å². The van der Waals surface area contributed by atoms with Crippen molar-refractivity contribution in [3.63, 3.8) is 0 Å². The fraction of sp³-hybridized carbons (Fsp3) is 1.00. The van der Waals surface area contributed by atoms with Crippen LogP contribution in [0, 0.1) is 5.41 Å². The van der Waals surface area contributed by atoms with Gasteiger partial charge in [0.25, 0.3) is 6.43 Å². The van der Waals surface area contributed by atoms with Gasteiger partial charge in [0.05, 0.1) is 6.54 Å². The molecule has 0 aromatic rings. The van der Waals surface area contributed by atoms with Crippen LogP contribution in [0.4, 0.5) is 8.78 Å². The van der Waals surface area contributed by atoms with Gasteiger partial charge in [-0.05, 0) is 57.3 Å². The number of piperidine rings is 2. The predicted octanol–water partition coefficient (Wildman–Crippen LogP) is 1.72. The third-order valence-electron chi connectivity index (χ3n) is 3.98. The third-order valence-corrected chi connectivity index (χ3v) is 3.98. The lowest BCUT2D eigenvalue weighted by molar-refractivity contribution is 0.0311. The van der Waals surface area contributed by atoms with Gasteiger partial charge in [-0.15, -0.1) is 0 Å². The first-order chi connectivity index (χ1) is 7.20. The van der Waals surface area contributed by atoms with Crippen molar-refractivity contribution in [2.45, 2.75) is 32.1 Å². The number of rotatable bonds is 2. The van der Waals surface area contributed by atoms with E-state index in [9.17, 15) is 8.78 Å². The second kappa shape index (κ2) is 4.74. The minimum atomic E-state index is -2.17. The largest absolute Gasteiger partial charge is 0.317 e. The van der Waals surface area contributed by atoms with Gasteiger partial charge in [0.1, 0.15) is 0 Å². The van der Waals surface area contributed by atoms with Gasteiger partial charge in [-0.1, -0.05) is 0 Å². The summed E-state index contributed by atoms with van der Waals surface area (Å²) in [4.78, 5) is 1.91. The average molecular weight is 218 g/mol. The highest BCUT2D eigenvalue weighted by Crippen LogP contribution is 2.39. The summed E-state index contributed by atoms with van der Waals surface area (Å²) in [6.45, 7) is 3.91. The van der Waals surface area contributed by atoms with Crippen LogP contribution >= 0.6 is 0 Å². The highest BCUT2D eigenvalue weighted by molar-refractivity contribution is 4.89. The molecule has 0 radical (unpaired) electrons. The van der Waals surface area contributed by atoms with Crippen molar-refractivity contribution in [3.05, 3.63) is 0 Å². The van der Waals surface area contributed by atoms with Gasteiger partial charge in [-0.25, -0.2) is 8.78 Å². The van der Waals surface area contributed by atoms with Gasteiger partial charge in [0.2, 0.25) is 0 Å². The number of likely N-dealkylation sites (tertiary alicyclic amines) is 1. The molecule has 2 nitrogen and oxygen atoms in total. The third kappa shape index (κ3) is 2.88. The molecular weight excluding hydrogens is 198 g/mol. The maximum absolute atomic E-state index is 12.2. The van der Waals surface area contributed by atoms with E-state index in [2.05, 4.69) is 5.32 Å². The van der Waals surface area contributed by atoms with Crippen LogP contribution in [0.25, 0.3) is 0 Å². The Hall–Kier alpha value is -0.220. The Balaban J connectivity index is 1.80. The molecule has 2 rings (SSSR count). The number of alkyl halides is 2. The molecule has 15 heavy (non-hydrogen) atoms. The molecule has 0 aromatic heterocycles. The minimum Gasteiger partial charge on any atom is -0.317 e. The fourth-order valence-corrected chi connectivity index (χ4v) is 2.86. The van der Waals surface area contributed by atoms with E-state index in [1.807, 2.05) is 4.90 Å². The summed E-state index contributed by atoms with van der Waals surface area (Å²) in [5.41, 5.74) is 0.476. The second-order valence-electron chi connectivity index (χ2n) is 4.94. The smallest absolute Gasteiger partial charge is 0.251 e. The van der Waals surface area contributed by atoms with Gasteiger partial charge in [0.15, 0.2) is 0 Å². The zero-order valence-electron chi connectivity index (χ0n) is 9.14. The van der Waals surface area contributed by atoms with Crippen LogP contribution in [0.5, 0.6) is 0 Å². The highest BCUT2D eigenvalue weighted by Gasteiger charge is 2.35. The average Bonchev–Trinajstić information content (AvgIpc) is 2.23. The van der Waals surface area contributed by atoms with Crippen molar-refractivity contribution in [3.8, 4) is 0 Å². The van der Waals surface area contributed by atoms with Crippen LogP contribution in [0.2, 0.25) is 0 Å². The van der Waals surface area contributed by atoms with Crippen molar-refractivity contribution in [1.29, 1.82) is 0 Å². The molecule has 0 aromatic carbocycles. The molecule has 2 fully saturated rings. The van der Waals surface area contributed by atoms with E-state index in [0.717, 1.165) is 39.0 Å². The summed E-state index contributed by atoms with van der Waals surface area (Å²) in [5.74, 6) is 0. The van der Waals surface area contributed by atoms with Gasteiger partial charge in [0, 0.05) is 0 Å². The molecule has 88 valence electrons. The molecular formula is C11H20F2N2. The summed E-state index contributed by atoms with van der Waals surface area (Å²) >= 11 is 0. The predicted molar refractivity (Wildman–Crippen MR) is 56.2 cm³/mol. The molecule has 0 aliphatic carbocycles. The Morgan fingerprint density at radius 3 is 2.20 bits per heavy atom. The fourth-order valence-electron chi connectivity index (χ4n) is 2.86. The van der Waals surface area contributed by atoms with Gasteiger partial charge >= 0.3 is 0 Å². The molecule has 2 aliphatic rings. The van der Waals surface area contributed by atoms with Crippen LogP contribution in [-0.2, 0) is 0 Å². The zero-order valence-corrected chi connectivity index (χ0v) is 9.14. The van der Waals surface area contributed by atoms with Crippen molar-refractivity contribution < 1.29 is 8.78 Å². The summed E-state index contributed by atoms with van der Waals surface area (Å²) in [5, 5.41) is 3.37. The number of hydrogen-bond donors (Lipinski definition) is 1. The molecule has 2 saturated heterocycles. The van der Waals surface area contributed by atoms with Gasteiger partial charge in [-0.2, -0.15) is 0 Å². The summed E-state index contributed by atoms with van der Waals surface area (Å²) in [7, 11) is 0. The summed E-state index contributed by atoms with van der Waals surface area (Å²) in [6.07, 6.45) is 2.51. The topological polar surface area (TPSA) is 15.3 Å². The number of hydrogen-bond acceptors (Lipinski definition) is 2. The Morgan fingerprint density at radius 1 is 1.07 bits per heavy atom. The first-order valence-electron chi connectivity index (χ1n) is 5.91. The van der Waals surface area contributed by atoms with Crippen molar-refractivity contribution in [2.24, 2.45) is 5.41 Å². The van der Waals surface area contributed by atoms with Crippen LogP contribution in [0.1, 0.15) is 25.7 Å². The molecule has 0 amide bonds. The first kappa shape index (κ1) is 11.3. The van der Waals surface area contributed by atoms with Crippen LogP contribution in [-0.4, -0.2) is 44.0 Å². The quantitative estimate of drug-likeness (QED) is 0.759. The maximum atomic E-state index is 12.2. The van der Waals surface area contributed by atoms with Crippen molar-refractivity contribution in [2.75, 3.05) is 32.7 Å². The lowest BCUT2D eigenvalue weighted by Crippen LogP contribution is -2.46. The Bertz CT molecular complexity index is 193. The number of nitrogens with one attached hydrogen (secondary N) is 1. The van der Waals surface area contributed by atoms with Gasteiger partial charge < -0.3 is 5.32 Å². The van der Waals surface area contributed by atoms with E-state index in [1.54, 1.807) is 0 Å². The molecule has 2 aliphatic heterocycles. The van der Waals surface area contributed by atoms with Crippen LogP contribution in [0.15, 0.2) is 0 Å². The van der Waals surface area contributed by atoms with Crippen molar-refractivity contribution in [1.82, 2.24) is 10.2 Å². The monoisotopic (exact) mass is 218 g/mol. The lowest BCUT2D eigenvalue weighted by atomic mass is 9.71. The molecule has 0 unspecified atom stereocenters. The lowest BCUT2D eigenvalue weighted by Gasteiger charge is -2.44. The van der Waals surface area contributed by atoms with E-state index >= 15 is 0 Å². The Labute approximate surface area is 90.0 Å². The normalized spacial score (nSPS) is 27.4. The Kier molecular flexibility index (Phi) is 3.57. The van der Waals surface area contributed by atoms with Crippen molar-refractivity contribution >= 4 is 0 Å². The number of halogens is 2. The van der Waals surface area contributed by atoms with Gasteiger partial charge in [-0.3, -0.25) is 4.90 Å². The van der Waals surface area contributed by atoms with E-state index in [0.29, 0.717) is 5.41 Å². The van der Waals surface area contributed by atoms with E-state index in [4.69, 9.17) is 0 Å². The maximum Gasteiger partial charge on any atom is 0.251 e. The minimum absolute atomic E-state index is 0.0334. The SMILES string of the molecule is FC(F)CN1CCC2(CCNCC2)CC1. The van der Waals surface area contributed by atoms with E-state index < -0.39 is 6.43 Å². The molecule has 2 heterocycles.